The van der Waals surface area contributed by atoms with Gasteiger partial charge in [-0.3, -0.25) is 9.59 Å². The first-order valence-electron chi connectivity index (χ1n) is 8.68. The number of amides is 1. The molecular formula is C21H15N5O4. The molecule has 0 aliphatic rings. The molecule has 0 unspecified atom stereocenters. The van der Waals surface area contributed by atoms with Crippen LogP contribution in [0.15, 0.2) is 64.5 Å². The van der Waals surface area contributed by atoms with Crippen LogP contribution in [0.5, 0.6) is 0 Å². The number of aromatic carboxylic acids is 1. The van der Waals surface area contributed by atoms with Crippen molar-refractivity contribution in [2.45, 2.75) is 6.92 Å². The first-order valence-corrected chi connectivity index (χ1v) is 8.68. The number of benzene rings is 2. The average molecular weight is 401 g/mol. The fraction of sp³-hybridized carbons (Fsp3) is 0.0476. The predicted octanol–water partition coefficient (Wildman–Crippen LogP) is 1.87. The molecule has 0 bridgehead atoms. The number of aromatic nitrogens is 2. The van der Waals surface area contributed by atoms with E-state index in [-0.39, 0.29) is 22.4 Å². The second-order valence-electron chi connectivity index (χ2n) is 6.14. The third-order valence-electron chi connectivity index (χ3n) is 4.20. The van der Waals surface area contributed by atoms with Crippen LogP contribution in [0.1, 0.15) is 37.5 Å². The van der Waals surface area contributed by atoms with Crippen molar-refractivity contribution in [1.82, 2.24) is 15.2 Å². The third kappa shape index (κ3) is 4.13. The van der Waals surface area contributed by atoms with Crippen LogP contribution < -0.4 is 11.0 Å². The summed E-state index contributed by atoms with van der Waals surface area (Å²) in [5.41, 5.74) is 2.62. The average Bonchev–Trinajstić information content (AvgIpc) is 2.75. The number of hydrazone groups is 1. The lowest BCUT2D eigenvalue weighted by atomic mass is 10.1. The maximum Gasteiger partial charge on any atom is 0.335 e. The van der Waals surface area contributed by atoms with Crippen LogP contribution in [0.4, 0.5) is 0 Å². The molecule has 0 aliphatic carbocycles. The van der Waals surface area contributed by atoms with Crippen molar-refractivity contribution in [2.75, 3.05) is 0 Å². The van der Waals surface area contributed by atoms with E-state index in [9.17, 15) is 19.6 Å². The van der Waals surface area contributed by atoms with E-state index in [1.54, 1.807) is 30.3 Å². The molecule has 1 amide bonds. The molecule has 0 saturated carbocycles. The summed E-state index contributed by atoms with van der Waals surface area (Å²) in [6, 6.07) is 16.1. The second-order valence-corrected chi connectivity index (χ2v) is 6.14. The molecule has 3 aromatic rings. The number of rotatable bonds is 5. The minimum Gasteiger partial charge on any atom is -0.478 e. The number of hydrogen-bond acceptors (Lipinski definition) is 6. The first-order chi connectivity index (χ1) is 14.4. The minimum absolute atomic E-state index is 0.117. The Balaban J connectivity index is 1.89. The highest BCUT2D eigenvalue weighted by Crippen LogP contribution is 2.10. The SMILES string of the molecule is Cc1c(C(=O)NN=Cc2ccc(C(=O)O)cc2)nn(-c2ccccc2)c(=O)c1C#N. The van der Waals surface area contributed by atoms with Crippen molar-refractivity contribution in [3.63, 3.8) is 0 Å². The fourth-order valence-corrected chi connectivity index (χ4v) is 2.63. The molecule has 0 spiro atoms. The van der Waals surface area contributed by atoms with Gasteiger partial charge in [-0.15, -0.1) is 0 Å². The lowest BCUT2D eigenvalue weighted by Crippen LogP contribution is -2.31. The zero-order chi connectivity index (χ0) is 21.7. The summed E-state index contributed by atoms with van der Waals surface area (Å²) < 4.78 is 0.995. The Morgan fingerprint density at radius 3 is 2.43 bits per heavy atom. The number of carbonyl (C=O) groups excluding carboxylic acids is 1. The van der Waals surface area contributed by atoms with E-state index < -0.39 is 17.4 Å². The number of carboxylic acids is 1. The molecule has 0 fully saturated rings. The van der Waals surface area contributed by atoms with Gasteiger partial charge in [-0.2, -0.15) is 20.1 Å². The Morgan fingerprint density at radius 1 is 1.17 bits per heavy atom. The molecule has 0 aliphatic heterocycles. The molecular weight excluding hydrogens is 386 g/mol. The molecule has 0 atom stereocenters. The lowest BCUT2D eigenvalue weighted by molar-refractivity contribution is 0.0696. The van der Waals surface area contributed by atoms with Gasteiger partial charge in [0.15, 0.2) is 5.69 Å². The van der Waals surface area contributed by atoms with Crippen LogP contribution in [-0.4, -0.2) is 33.0 Å². The Morgan fingerprint density at radius 2 is 1.83 bits per heavy atom. The highest BCUT2D eigenvalue weighted by atomic mass is 16.4. The molecule has 30 heavy (non-hydrogen) atoms. The summed E-state index contributed by atoms with van der Waals surface area (Å²) in [5, 5.41) is 26.2. The van der Waals surface area contributed by atoms with E-state index in [1.165, 1.54) is 37.4 Å². The Kier molecular flexibility index (Phi) is 5.79. The van der Waals surface area contributed by atoms with E-state index in [0.29, 0.717) is 11.3 Å². The maximum absolute atomic E-state index is 12.6. The summed E-state index contributed by atoms with van der Waals surface area (Å²) in [7, 11) is 0. The molecule has 0 radical (unpaired) electrons. The number of nitriles is 1. The molecule has 9 heteroatoms. The van der Waals surface area contributed by atoms with Gasteiger partial charge in [-0.05, 0) is 36.8 Å². The number of carbonyl (C=O) groups is 2. The summed E-state index contributed by atoms with van der Waals surface area (Å²) in [6.07, 6.45) is 1.33. The van der Waals surface area contributed by atoms with E-state index >= 15 is 0 Å². The summed E-state index contributed by atoms with van der Waals surface area (Å²) >= 11 is 0. The Bertz CT molecular complexity index is 1240. The standard InChI is InChI=1S/C21H15N5O4/c1-13-17(11-22)20(28)26(16-5-3-2-4-6-16)25-18(13)19(27)24-23-12-14-7-9-15(10-8-14)21(29)30/h2-10,12H,1H3,(H,24,27)(H,29,30). The fourth-order valence-electron chi connectivity index (χ4n) is 2.63. The van der Waals surface area contributed by atoms with E-state index in [0.717, 1.165) is 4.68 Å². The smallest absolute Gasteiger partial charge is 0.335 e. The zero-order valence-corrected chi connectivity index (χ0v) is 15.7. The number of nitrogens with zero attached hydrogens (tertiary/aromatic N) is 4. The van der Waals surface area contributed by atoms with Gasteiger partial charge in [0.25, 0.3) is 11.5 Å². The molecule has 2 aromatic carbocycles. The maximum atomic E-state index is 12.6. The van der Waals surface area contributed by atoms with Gasteiger partial charge in [0.05, 0.1) is 17.5 Å². The summed E-state index contributed by atoms with van der Waals surface area (Å²) in [5.74, 6) is -1.75. The van der Waals surface area contributed by atoms with Crippen molar-refractivity contribution in [1.29, 1.82) is 5.26 Å². The van der Waals surface area contributed by atoms with Crippen LogP contribution in [0.3, 0.4) is 0 Å². The molecule has 3 rings (SSSR count). The zero-order valence-electron chi connectivity index (χ0n) is 15.7. The van der Waals surface area contributed by atoms with Gasteiger partial charge in [0, 0.05) is 5.56 Å². The topological polar surface area (TPSA) is 137 Å². The van der Waals surface area contributed by atoms with E-state index in [2.05, 4.69) is 15.6 Å². The molecule has 0 saturated heterocycles. The molecule has 2 N–H and O–H groups in total. The van der Waals surface area contributed by atoms with Crippen molar-refractivity contribution < 1.29 is 14.7 Å². The van der Waals surface area contributed by atoms with Crippen LogP contribution in [0, 0.1) is 18.3 Å². The number of hydrogen-bond donors (Lipinski definition) is 2. The highest BCUT2D eigenvalue weighted by Gasteiger charge is 2.20. The molecule has 1 aromatic heterocycles. The predicted molar refractivity (Wildman–Crippen MR) is 108 cm³/mol. The normalized spacial score (nSPS) is 10.5. The van der Waals surface area contributed by atoms with E-state index in [4.69, 9.17) is 5.11 Å². The summed E-state index contributed by atoms with van der Waals surface area (Å²) in [6.45, 7) is 1.46. The molecule has 1 heterocycles. The van der Waals surface area contributed by atoms with Crippen molar-refractivity contribution in [2.24, 2.45) is 5.10 Å². The molecule has 148 valence electrons. The largest absolute Gasteiger partial charge is 0.478 e. The number of para-hydroxylation sites is 1. The lowest BCUT2D eigenvalue weighted by Gasteiger charge is -2.10. The minimum atomic E-state index is -1.05. The highest BCUT2D eigenvalue weighted by molar-refractivity contribution is 5.95. The van der Waals surface area contributed by atoms with Gasteiger partial charge >= 0.3 is 5.97 Å². The van der Waals surface area contributed by atoms with Crippen LogP contribution >= 0.6 is 0 Å². The van der Waals surface area contributed by atoms with Crippen LogP contribution in [0.2, 0.25) is 0 Å². The first kappa shape index (κ1) is 20.2. The molecule has 9 nitrogen and oxygen atoms in total. The van der Waals surface area contributed by atoms with E-state index in [1.807, 2.05) is 6.07 Å². The van der Waals surface area contributed by atoms with Gasteiger partial charge in [0.1, 0.15) is 11.6 Å². The van der Waals surface area contributed by atoms with Crippen LogP contribution in [0.25, 0.3) is 5.69 Å². The Labute approximate surface area is 170 Å². The van der Waals surface area contributed by atoms with Crippen molar-refractivity contribution in [3.8, 4) is 11.8 Å². The van der Waals surface area contributed by atoms with Crippen LogP contribution in [-0.2, 0) is 0 Å². The number of carboxylic acid groups (broad SMARTS) is 1. The second kappa shape index (κ2) is 8.62. The Hall–Kier alpha value is -4.58. The number of nitrogens with one attached hydrogen (secondary N) is 1. The van der Waals surface area contributed by atoms with Gasteiger partial charge in [0.2, 0.25) is 0 Å². The van der Waals surface area contributed by atoms with Crippen molar-refractivity contribution in [3.05, 3.63) is 92.9 Å². The third-order valence-corrected chi connectivity index (χ3v) is 4.20. The quantitative estimate of drug-likeness (QED) is 0.494. The summed E-state index contributed by atoms with van der Waals surface area (Å²) in [4.78, 5) is 36.0. The van der Waals surface area contributed by atoms with Gasteiger partial charge < -0.3 is 5.11 Å². The van der Waals surface area contributed by atoms with Gasteiger partial charge in [-0.1, -0.05) is 30.3 Å². The van der Waals surface area contributed by atoms with Gasteiger partial charge in [-0.25, -0.2) is 10.2 Å². The monoisotopic (exact) mass is 401 g/mol. The van der Waals surface area contributed by atoms with Crippen molar-refractivity contribution >= 4 is 18.1 Å².